The summed E-state index contributed by atoms with van der Waals surface area (Å²) >= 11 is 0. The monoisotopic (exact) mass is 224 g/mol. The first-order valence-electron chi connectivity index (χ1n) is 5.27. The number of benzene rings is 1. The molecule has 17 heavy (non-hydrogen) atoms. The molecule has 0 aliphatic rings. The second-order valence-corrected chi connectivity index (χ2v) is 3.85. The third-order valence-corrected chi connectivity index (χ3v) is 2.49. The van der Waals surface area contributed by atoms with E-state index >= 15 is 0 Å². The van der Waals surface area contributed by atoms with E-state index in [2.05, 4.69) is 21.6 Å². The van der Waals surface area contributed by atoms with E-state index in [0.717, 1.165) is 16.8 Å². The van der Waals surface area contributed by atoms with Crippen LogP contribution in [0.2, 0.25) is 0 Å². The zero-order chi connectivity index (χ0) is 12.3. The van der Waals surface area contributed by atoms with Gasteiger partial charge in [0, 0.05) is 5.69 Å². The summed E-state index contributed by atoms with van der Waals surface area (Å²) < 4.78 is 0. The van der Waals surface area contributed by atoms with Crippen LogP contribution in [0, 0.1) is 25.2 Å². The molecule has 0 atom stereocenters. The Kier molecular flexibility index (Phi) is 3.01. The van der Waals surface area contributed by atoms with Gasteiger partial charge in [0.05, 0.1) is 11.8 Å². The molecule has 0 saturated carbocycles. The Morgan fingerprint density at radius 3 is 2.82 bits per heavy atom. The summed E-state index contributed by atoms with van der Waals surface area (Å²) in [6.07, 6.45) is 1.51. The number of aryl methyl sites for hydroxylation is 2. The van der Waals surface area contributed by atoms with Crippen molar-refractivity contribution in [1.29, 1.82) is 5.26 Å². The summed E-state index contributed by atoms with van der Waals surface area (Å²) in [5, 5.41) is 19.8. The third kappa shape index (κ3) is 2.40. The fourth-order valence-electron chi connectivity index (χ4n) is 1.51. The summed E-state index contributed by atoms with van der Waals surface area (Å²) in [6.45, 7) is 4.02. The summed E-state index contributed by atoms with van der Waals surface area (Å²) in [5.41, 5.74) is 3.69. The molecule has 0 aliphatic carbocycles. The molecule has 0 radical (unpaired) electrons. The number of nitrogens with zero attached hydrogens (tertiary/aromatic N) is 3. The first-order valence-corrected chi connectivity index (χ1v) is 5.27. The SMILES string of the molecule is Cc1ccc(C)c(Nc2nnccc2C#N)c1. The summed E-state index contributed by atoms with van der Waals surface area (Å²) in [7, 11) is 0. The highest BCUT2D eigenvalue weighted by Crippen LogP contribution is 2.21. The topological polar surface area (TPSA) is 61.6 Å². The molecule has 1 heterocycles. The molecule has 1 N–H and O–H groups in total. The Morgan fingerprint density at radius 1 is 1.24 bits per heavy atom. The van der Waals surface area contributed by atoms with Crippen LogP contribution in [0.25, 0.3) is 0 Å². The lowest BCUT2D eigenvalue weighted by atomic mass is 10.1. The molecule has 4 heteroatoms. The fourth-order valence-corrected chi connectivity index (χ4v) is 1.51. The predicted molar refractivity (Wildman–Crippen MR) is 65.9 cm³/mol. The van der Waals surface area contributed by atoms with Gasteiger partial charge >= 0.3 is 0 Å². The fraction of sp³-hybridized carbons (Fsp3) is 0.154. The van der Waals surface area contributed by atoms with Crippen molar-refractivity contribution in [2.75, 3.05) is 5.32 Å². The highest BCUT2D eigenvalue weighted by Gasteiger charge is 2.05. The van der Waals surface area contributed by atoms with E-state index in [1.54, 1.807) is 6.07 Å². The van der Waals surface area contributed by atoms with Crippen LogP contribution in [0.4, 0.5) is 11.5 Å². The van der Waals surface area contributed by atoms with Crippen LogP contribution in [0.15, 0.2) is 30.5 Å². The van der Waals surface area contributed by atoms with Crippen LogP contribution in [0.3, 0.4) is 0 Å². The lowest BCUT2D eigenvalue weighted by Gasteiger charge is -2.09. The minimum Gasteiger partial charge on any atom is -0.337 e. The number of anilines is 2. The van der Waals surface area contributed by atoms with Crippen LogP contribution in [0.5, 0.6) is 0 Å². The van der Waals surface area contributed by atoms with E-state index < -0.39 is 0 Å². The van der Waals surface area contributed by atoms with Gasteiger partial charge in [-0.2, -0.15) is 10.4 Å². The number of aromatic nitrogens is 2. The lowest BCUT2D eigenvalue weighted by Crippen LogP contribution is -2.00. The number of rotatable bonds is 2. The standard InChI is InChI=1S/C13H12N4/c1-9-3-4-10(2)12(7-9)16-13-11(8-14)5-6-15-17-13/h3-7H,1-2H3,(H,16,17). The molecule has 0 amide bonds. The maximum Gasteiger partial charge on any atom is 0.171 e. The lowest BCUT2D eigenvalue weighted by molar-refractivity contribution is 1.03. The molecule has 1 aromatic carbocycles. The minimum absolute atomic E-state index is 0.487. The second-order valence-electron chi connectivity index (χ2n) is 3.85. The molecule has 84 valence electrons. The predicted octanol–water partition coefficient (Wildman–Crippen LogP) is 2.71. The summed E-state index contributed by atoms with van der Waals surface area (Å²) in [5.74, 6) is 0.490. The van der Waals surface area contributed by atoms with Crippen LogP contribution in [0.1, 0.15) is 16.7 Å². The van der Waals surface area contributed by atoms with Crippen molar-refractivity contribution < 1.29 is 0 Å². The Bertz CT molecular complexity index is 584. The van der Waals surface area contributed by atoms with Gasteiger partial charge in [0.25, 0.3) is 0 Å². The molecule has 2 aromatic rings. The van der Waals surface area contributed by atoms with Gasteiger partial charge in [0.2, 0.25) is 0 Å². The molecular weight excluding hydrogens is 212 g/mol. The van der Waals surface area contributed by atoms with Gasteiger partial charge in [-0.25, -0.2) is 0 Å². The summed E-state index contributed by atoms with van der Waals surface area (Å²) in [4.78, 5) is 0. The molecule has 0 bridgehead atoms. The molecule has 2 rings (SSSR count). The zero-order valence-corrected chi connectivity index (χ0v) is 9.73. The van der Waals surface area contributed by atoms with Gasteiger partial charge < -0.3 is 5.32 Å². The number of nitriles is 1. The van der Waals surface area contributed by atoms with Crippen LogP contribution in [-0.2, 0) is 0 Å². The van der Waals surface area contributed by atoms with Gasteiger partial charge in [0.15, 0.2) is 5.82 Å². The van der Waals surface area contributed by atoms with Gasteiger partial charge in [-0.3, -0.25) is 0 Å². The highest BCUT2D eigenvalue weighted by atomic mass is 15.2. The maximum absolute atomic E-state index is 8.96. The molecule has 0 spiro atoms. The van der Waals surface area contributed by atoms with Gasteiger partial charge in [-0.05, 0) is 37.1 Å². The Labute approximate surface area is 99.9 Å². The van der Waals surface area contributed by atoms with E-state index in [-0.39, 0.29) is 0 Å². The van der Waals surface area contributed by atoms with Crippen molar-refractivity contribution >= 4 is 11.5 Å². The number of nitrogens with one attached hydrogen (secondary N) is 1. The average Bonchev–Trinajstić information content (AvgIpc) is 2.34. The van der Waals surface area contributed by atoms with E-state index in [9.17, 15) is 0 Å². The van der Waals surface area contributed by atoms with Crippen LogP contribution in [-0.4, -0.2) is 10.2 Å². The third-order valence-electron chi connectivity index (χ3n) is 2.49. The number of hydrogen-bond donors (Lipinski definition) is 1. The van der Waals surface area contributed by atoms with Crippen LogP contribution >= 0.6 is 0 Å². The molecule has 4 nitrogen and oxygen atoms in total. The second kappa shape index (κ2) is 4.62. The van der Waals surface area contributed by atoms with E-state index in [1.807, 2.05) is 32.0 Å². The molecule has 0 fully saturated rings. The van der Waals surface area contributed by atoms with Gasteiger partial charge in [-0.15, -0.1) is 5.10 Å². The molecular formula is C13H12N4. The van der Waals surface area contributed by atoms with Crippen molar-refractivity contribution in [3.05, 3.63) is 47.2 Å². The smallest absolute Gasteiger partial charge is 0.171 e. The van der Waals surface area contributed by atoms with Crippen molar-refractivity contribution in [3.63, 3.8) is 0 Å². The largest absolute Gasteiger partial charge is 0.337 e. The highest BCUT2D eigenvalue weighted by molar-refractivity contribution is 5.65. The van der Waals surface area contributed by atoms with E-state index in [1.165, 1.54) is 6.20 Å². The Balaban J connectivity index is 2.38. The van der Waals surface area contributed by atoms with E-state index in [0.29, 0.717) is 11.4 Å². The quantitative estimate of drug-likeness (QED) is 0.851. The van der Waals surface area contributed by atoms with Crippen LogP contribution < -0.4 is 5.32 Å². The summed E-state index contributed by atoms with van der Waals surface area (Å²) in [6, 6.07) is 9.82. The first kappa shape index (κ1) is 11.1. The maximum atomic E-state index is 8.96. The van der Waals surface area contributed by atoms with E-state index in [4.69, 9.17) is 5.26 Å². The van der Waals surface area contributed by atoms with Crippen molar-refractivity contribution in [2.24, 2.45) is 0 Å². The Hall–Kier alpha value is -2.41. The van der Waals surface area contributed by atoms with Crippen molar-refractivity contribution in [3.8, 4) is 6.07 Å². The molecule has 1 aromatic heterocycles. The average molecular weight is 224 g/mol. The molecule has 0 aliphatic heterocycles. The zero-order valence-electron chi connectivity index (χ0n) is 9.73. The molecule has 0 unspecified atom stereocenters. The van der Waals surface area contributed by atoms with Crippen molar-refractivity contribution in [2.45, 2.75) is 13.8 Å². The van der Waals surface area contributed by atoms with Gasteiger partial charge in [-0.1, -0.05) is 12.1 Å². The van der Waals surface area contributed by atoms with Crippen molar-refractivity contribution in [1.82, 2.24) is 10.2 Å². The first-order chi connectivity index (χ1) is 8.20. The minimum atomic E-state index is 0.487. The normalized spacial score (nSPS) is 9.71. The molecule has 0 saturated heterocycles. The Morgan fingerprint density at radius 2 is 2.06 bits per heavy atom. The van der Waals surface area contributed by atoms with Gasteiger partial charge in [0.1, 0.15) is 6.07 Å². The number of hydrogen-bond acceptors (Lipinski definition) is 4.